The Hall–Kier alpha value is -0.890. The lowest BCUT2D eigenvalue weighted by molar-refractivity contribution is 0.448. The average Bonchev–Trinajstić information content (AvgIpc) is 2.14. The summed E-state index contributed by atoms with van der Waals surface area (Å²) in [6.45, 7) is 6.58. The van der Waals surface area contributed by atoms with E-state index in [1.54, 1.807) is 0 Å². The molecule has 0 amide bonds. The SMILES string of the molecule is CNC(CC(C)C)c1cc(C)ccn1. The Bertz CT molecular complexity index is 281. The van der Waals surface area contributed by atoms with Gasteiger partial charge in [0, 0.05) is 12.2 Å². The van der Waals surface area contributed by atoms with Crippen molar-refractivity contribution in [3.63, 3.8) is 0 Å². The molecular formula is C12H20N2. The highest BCUT2D eigenvalue weighted by Crippen LogP contribution is 2.19. The summed E-state index contributed by atoms with van der Waals surface area (Å²) in [7, 11) is 2.00. The molecule has 0 fully saturated rings. The standard InChI is InChI=1S/C12H20N2/c1-9(2)7-11(13-4)12-8-10(3)5-6-14-12/h5-6,8-9,11,13H,7H2,1-4H3. The lowest BCUT2D eigenvalue weighted by Gasteiger charge is -2.17. The van der Waals surface area contributed by atoms with Crippen LogP contribution in [0, 0.1) is 12.8 Å². The largest absolute Gasteiger partial charge is 0.312 e. The van der Waals surface area contributed by atoms with Crippen LogP contribution in [0.3, 0.4) is 0 Å². The molecule has 2 nitrogen and oxygen atoms in total. The first-order valence-electron chi connectivity index (χ1n) is 5.23. The molecule has 0 saturated carbocycles. The Morgan fingerprint density at radius 2 is 2.14 bits per heavy atom. The van der Waals surface area contributed by atoms with E-state index in [0.717, 1.165) is 12.1 Å². The van der Waals surface area contributed by atoms with Crippen molar-refractivity contribution in [3.8, 4) is 0 Å². The van der Waals surface area contributed by atoms with Crippen LogP contribution in [-0.2, 0) is 0 Å². The van der Waals surface area contributed by atoms with Crippen molar-refractivity contribution in [3.05, 3.63) is 29.6 Å². The van der Waals surface area contributed by atoms with E-state index in [1.165, 1.54) is 5.56 Å². The molecule has 0 radical (unpaired) electrons. The summed E-state index contributed by atoms with van der Waals surface area (Å²) in [4.78, 5) is 4.40. The molecule has 1 unspecified atom stereocenters. The zero-order valence-electron chi connectivity index (χ0n) is 9.54. The Balaban J connectivity index is 2.78. The quantitative estimate of drug-likeness (QED) is 0.793. The highest BCUT2D eigenvalue weighted by Gasteiger charge is 2.11. The van der Waals surface area contributed by atoms with E-state index in [9.17, 15) is 0 Å². The minimum Gasteiger partial charge on any atom is -0.312 e. The third-order valence-electron chi connectivity index (χ3n) is 2.35. The minimum absolute atomic E-state index is 0.384. The van der Waals surface area contributed by atoms with Crippen LogP contribution in [0.4, 0.5) is 0 Å². The summed E-state index contributed by atoms with van der Waals surface area (Å²) < 4.78 is 0. The van der Waals surface area contributed by atoms with Crippen molar-refractivity contribution in [2.75, 3.05) is 7.05 Å². The third-order valence-corrected chi connectivity index (χ3v) is 2.35. The lowest BCUT2D eigenvalue weighted by Crippen LogP contribution is -2.19. The van der Waals surface area contributed by atoms with Gasteiger partial charge in [-0.15, -0.1) is 0 Å². The maximum absolute atomic E-state index is 4.40. The monoisotopic (exact) mass is 192 g/mol. The molecule has 1 heterocycles. The van der Waals surface area contributed by atoms with Crippen molar-refractivity contribution in [2.45, 2.75) is 33.2 Å². The van der Waals surface area contributed by atoms with Gasteiger partial charge in [0.1, 0.15) is 0 Å². The summed E-state index contributed by atoms with van der Waals surface area (Å²) in [5, 5.41) is 3.31. The van der Waals surface area contributed by atoms with Gasteiger partial charge in [0.15, 0.2) is 0 Å². The summed E-state index contributed by atoms with van der Waals surface area (Å²) in [5.41, 5.74) is 2.43. The van der Waals surface area contributed by atoms with Crippen molar-refractivity contribution >= 4 is 0 Å². The molecule has 0 spiro atoms. The van der Waals surface area contributed by atoms with Crippen molar-refractivity contribution < 1.29 is 0 Å². The van der Waals surface area contributed by atoms with E-state index in [1.807, 2.05) is 19.3 Å². The first-order valence-corrected chi connectivity index (χ1v) is 5.23. The van der Waals surface area contributed by atoms with Crippen molar-refractivity contribution in [2.24, 2.45) is 5.92 Å². The van der Waals surface area contributed by atoms with E-state index in [-0.39, 0.29) is 0 Å². The van der Waals surface area contributed by atoms with Crippen LogP contribution in [0.25, 0.3) is 0 Å². The first kappa shape index (κ1) is 11.2. The summed E-state index contributed by atoms with van der Waals surface area (Å²) in [6, 6.07) is 4.57. The molecular weight excluding hydrogens is 172 g/mol. The molecule has 0 aliphatic carbocycles. The molecule has 0 aliphatic heterocycles. The number of aromatic nitrogens is 1. The maximum atomic E-state index is 4.40. The predicted molar refractivity (Wildman–Crippen MR) is 60.2 cm³/mol. The lowest BCUT2D eigenvalue weighted by atomic mass is 10.0. The average molecular weight is 192 g/mol. The van der Waals surface area contributed by atoms with Crippen molar-refractivity contribution in [1.82, 2.24) is 10.3 Å². The van der Waals surface area contributed by atoms with Gasteiger partial charge >= 0.3 is 0 Å². The summed E-state index contributed by atoms with van der Waals surface area (Å²) >= 11 is 0. The molecule has 1 aromatic rings. The number of hydrogen-bond acceptors (Lipinski definition) is 2. The van der Waals surface area contributed by atoms with Crippen LogP contribution in [0.5, 0.6) is 0 Å². The van der Waals surface area contributed by atoms with E-state index < -0.39 is 0 Å². The normalized spacial score (nSPS) is 13.2. The molecule has 1 rings (SSSR count). The second-order valence-electron chi connectivity index (χ2n) is 4.23. The van der Waals surface area contributed by atoms with Gasteiger partial charge in [-0.1, -0.05) is 13.8 Å². The van der Waals surface area contributed by atoms with Gasteiger partial charge in [0.25, 0.3) is 0 Å². The summed E-state index contributed by atoms with van der Waals surface area (Å²) in [6.07, 6.45) is 3.02. The second kappa shape index (κ2) is 5.11. The molecule has 0 saturated heterocycles. The molecule has 1 N–H and O–H groups in total. The Kier molecular flexibility index (Phi) is 4.08. The fourth-order valence-electron chi connectivity index (χ4n) is 1.61. The van der Waals surface area contributed by atoms with Crippen LogP contribution in [0.1, 0.15) is 37.6 Å². The third kappa shape index (κ3) is 3.11. The van der Waals surface area contributed by atoms with E-state index in [0.29, 0.717) is 12.0 Å². The number of nitrogens with one attached hydrogen (secondary N) is 1. The molecule has 0 aromatic carbocycles. The van der Waals surface area contributed by atoms with Crippen molar-refractivity contribution in [1.29, 1.82) is 0 Å². The van der Waals surface area contributed by atoms with Gasteiger partial charge in [0.05, 0.1) is 5.69 Å². The Labute approximate surface area is 86.8 Å². The smallest absolute Gasteiger partial charge is 0.0575 e. The van der Waals surface area contributed by atoms with Crippen LogP contribution < -0.4 is 5.32 Å². The molecule has 1 aromatic heterocycles. The number of hydrogen-bond donors (Lipinski definition) is 1. The maximum Gasteiger partial charge on any atom is 0.0575 e. The van der Waals surface area contributed by atoms with Crippen LogP contribution in [0.2, 0.25) is 0 Å². The predicted octanol–water partition coefficient (Wildman–Crippen LogP) is 2.70. The first-order chi connectivity index (χ1) is 6.63. The Morgan fingerprint density at radius 3 is 2.64 bits per heavy atom. The molecule has 78 valence electrons. The molecule has 1 atom stereocenters. The Morgan fingerprint density at radius 1 is 1.43 bits per heavy atom. The van der Waals surface area contributed by atoms with Gasteiger partial charge in [-0.25, -0.2) is 0 Å². The number of aryl methyl sites for hydroxylation is 1. The summed E-state index contributed by atoms with van der Waals surface area (Å²) in [5.74, 6) is 0.690. The fraction of sp³-hybridized carbons (Fsp3) is 0.583. The van der Waals surface area contributed by atoms with Gasteiger partial charge in [-0.3, -0.25) is 4.98 Å². The molecule has 2 heteroatoms. The van der Waals surface area contributed by atoms with Gasteiger partial charge in [0.2, 0.25) is 0 Å². The zero-order chi connectivity index (χ0) is 10.6. The van der Waals surface area contributed by atoms with Gasteiger partial charge in [-0.2, -0.15) is 0 Å². The van der Waals surface area contributed by atoms with Crippen LogP contribution in [0.15, 0.2) is 18.3 Å². The highest BCUT2D eigenvalue weighted by atomic mass is 14.9. The number of nitrogens with zero attached hydrogens (tertiary/aromatic N) is 1. The van der Waals surface area contributed by atoms with Gasteiger partial charge in [-0.05, 0) is 44.0 Å². The number of rotatable bonds is 4. The molecule has 14 heavy (non-hydrogen) atoms. The van der Waals surface area contributed by atoms with E-state index >= 15 is 0 Å². The van der Waals surface area contributed by atoms with Gasteiger partial charge < -0.3 is 5.32 Å². The van der Waals surface area contributed by atoms with E-state index in [2.05, 4.69) is 37.1 Å². The van der Waals surface area contributed by atoms with Crippen LogP contribution >= 0.6 is 0 Å². The second-order valence-corrected chi connectivity index (χ2v) is 4.23. The van der Waals surface area contributed by atoms with E-state index in [4.69, 9.17) is 0 Å². The fourth-order valence-corrected chi connectivity index (χ4v) is 1.61. The zero-order valence-corrected chi connectivity index (χ0v) is 9.54. The topological polar surface area (TPSA) is 24.9 Å². The molecule has 0 bridgehead atoms. The molecule has 0 aliphatic rings. The highest BCUT2D eigenvalue weighted by molar-refractivity contribution is 5.17. The minimum atomic E-state index is 0.384. The van der Waals surface area contributed by atoms with Crippen LogP contribution in [-0.4, -0.2) is 12.0 Å². The number of pyridine rings is 1.